The molecule has 0 radical (unpaired) electrons. The van der Waals surface area contributed by atoms with E-state index in [9.17, 15) is 32.8 Å². The molecule has 44 heavy (non-hydrogen) atoms. The topological polar surface area (TPSA) is 121 Å². The lowest BCUT2D eigenvalue weighted by Crippen LogP contribution is -2.56. The van der Waals surface area contributed by atoms with Crippen LogP contribution in [0.15, 0.2) is 24.3 Å². The first-order valence-corrected chi connectivity index (χ1v) is 15.3. The highest BCUT2D eigenvalue weighted by atomic mass is 19.4. The molecule has 1 aromatic carbocycles. The Kier molecular flexibility index (Phi) is 6.95. The third-order valence-electron chi connectivity index (χ3n) is 9.81. The molecule has 4 fully saturated rings. The van der Waals surface area contributed by atoms with E-state index >= 15 is 0 Å². The van der Waals surface area contributed by atoms with Crippen LogP contribution in [0.1, 0.15) is 90.8 Å². The van der Waals surface area contributed by atoms with Gasteiger partial charge in [0.25, 0.3) is 17.7 Å². The number of nitriles is 1. The molecule has 1 N–H and O–H groups in total. The number of fused-ring (bicyclic) bond motifs is 2. The number of piperidine rings is 1. The van der Waals surface area contributed by atoms with Gasteiger partial charge in [-0.05, 0) is 75.5 Å². The summed E-state index contributed by atoms with van der Waals surface area (Å²) in [6.07, 6.45) is -0.341. The average molecular weight is 613 g/mol. The number of nitrogens with zero attached hydrogens (tertiary/aromatic N) is 5. The van der Waals surface area contributed by atoms with E-state index in [0.29, 0.717) is 49.8 Å². The Morgan fingerprint density at radius 1 is 1.16 bits per heavy atom. The fourth-order valence-electron chi connectivity index (χ4n) is 7.42. The van der Waals surface area contributed by atoms with Crippen LogP contribution in [0, 0.1) is 23.2 Å². The second kappa shape index (κ2) is 10.6. The molecule has 3 aliphatic heterocycles. The minimum absolute atomic E-state index is 0. The maximum atomic E-state index is 14.3. The molecule has 234 valence electrons. The van der Waals surface area contributed by atoms with E-state index < -0.39 is 35.6 Å². The molecule has 10 nitrogen and oxygen atoms in total. The smallest absolute Gasteiger partial charge is 0.381 e. The lowest BCUT2D eigenvalue weighted by Gasteiger charge is -2.39. The summed E-state index contributed by atoms with van der Waals surface area (Å²) >= 11 is 0. The van der Waals surface area contributed by atoms with E-state index in [2.05, 4.69) is 11.4 Å². The van der Waals surface area contributed by atoms with Crippen LogP contribution in [0.3, 0.4) is 0 Å². The highest BCUT2D eigenvalue weighted by Gasteiger charge is 2.57. The number of hydrogen-bond acceptors (Lipinski definition) is 6. The quantitative estimate of drug-likeness (QED) is 0.520. The average Bonchev–Trinajstić information content (AvgIpc) is 3.94. The molecule has 2 aliphatic carbocycles. The van der Waals surface area contributed by atoms with Crippen LogP contribution < -0.4 is 10.2 Å². The van der Waals surface area contributed by atoms with E-state index in [1.54, 1.807) is 16.5 Å². The number of carbonyl (C=O) groups excluding carboxylic acids is 3. The van der Waals surface area contributed by atoms with Gasteiger partial charge in [-0.2, -0.15) is 23.5 Å². The first kappa shape index (κ1) is 28.8. The highest BCUT2D eigenvalue weighted by molar-refractivity contribution is 6.07. The second-order valence-electron chi connectivity index (χ2n) is 12.5. The zero-order chi connectivity index (χ0) is 30.9. The summed E-state index contributed by atoms with van der Waals surface area (Å²) in [7, 11) is 0. The van der Waals surface area contributed by atoms with Crippen LogP contribution in [0.5, 0.6) is 0 Å². The van der Waals surface area contributed by atoms with Crippen LogP contribution in [-0.4, -0.2) is 70.3 Å². The largest absolute Gasteiger partial charge is 0.416 e. The molecule has 1 unspecified atom stereocenters. The SMILES string of the molecule is CCN1C(=O)[C@@H](NC(=O)c2cccc(C(F)(F)F)c2)[C@@H](C2CC2)c2c(C(=O)N3[C@@H](C#N)CC4C[C@@H]43)nn(C3CCOCC3)c21.[HH]. The summed E-state index contributed by atoms with van der Waals surface area (Å²) < 4.78 is 47.6. The van der Waals surface area contributed by atoms with Gasteiger partial charge in [-0.3, -0.25) is 19.3 Å². The Bertz CT molecular complexity index is 1560. The molecule has 1 aromatic heterocycles. The van der Waals surface area contributed by atoms with Crippen LogP contribution in [0.2, 0.25) is 0 Å². The molecule has 3 amide bonds. The Labute approximate surface area is 253 Å². The van der Waals surface area contributed by atoms with E-state index in [4.69, 9.17) is 9.84 Å². The van der Waals surface area contributed by atoms with Gasteiger partial charge in [0, 0.05) is 44.3 Å². The van der Waals surface area contributed by atoms with E-state index in [1.165, 1.54) is 11.0 Å². The zero-order valence-electron chi connectivity index (χ0n) is 24.2. The van der Waals surface area contributed by atoms with Gasteiger partial charge in [-0.1, -0.05) is 6.07 Å². The van der Waals surface area contributed by atoms with Gasteiger partial charge < -0.3 is 15.0 Å². The van der Waals surface area contributed by atoms with Crippen molar-refractivity contribution in [2.45, 2.75) is 81.7 Å². The summed E-state index contributed by atoms with van der Waals surface area (Å²) in [5.74, 6) is -1.32. The fourth-order valence-corrected chi connectivity index (χ4v) is 7.42. The molecule has 5 atom stereocenters. The number of halogens is 3. The maximum absolute atomic E-state index is 14.3. The minimum Gasteiger partial charge on any atom is -0.381 e. The van der Waals surface area contributed by atoms with Gasteiger partial charge >= 0.3 is 6.18 Å². The zero-order valence-corrected chi connectivity index (χ0v) is 24.2. The molecule has 5 aliphatic rings. The number of rotatable bonds is 6. The first-order valence-electron chi connectivity index (χ1n) is 15.3. The number of likely N-dealkylation sites (N-methyl/N-ethyl adjacent to an activating group) is 1. The van der Waals surface area contributed by atoms with E-state index in [-0.39, 0.29) is 49.0 Å². The standard InChI is InChI=1S/C31H33F3N6O4.H2/c1-2-38-28-24(23(16-6-7-16)25(29(38)42)36-27(41)17-4-3-5-19(12-17)31(32,33)34)26(37-40(28)20-8-10-44-11-9-20)30(43)39-21(15-35)13-18-14-22(18)39;/h3-5,12,16,18,20-23,25H,2,6-11,13-14H2,1H3,(H,36,41);1H/t18?,21-,22+,23+,25+;/m1./s1. The van der Waals surface area contributed by atoms with E-state index in [0.717, 1.165) is 37.5 Å². The third kappa shape index (κ3) is 4.74. The predicted octanol–water partition coefficient (Wildman–Crippen LogP) is 4.28. The number of nitrogens with one attached hydrogen (secondary N) is 1. The fraction of sp³-hybridized carbons (Fsp3) is 0.581. The van der Waals surface area contributed by atoms with Crippen LogP contribution >= 0.6 is 0 Å². The van der Waals surface area contributed by atoms with Crippen molar-refractivity contribution in [2.75, 3.05) is 24.7 Å². The molecule has 7 rings (SSSR count). The number of ether oxygens (including phenoxy) is 1. The number of likely N-dealkylation sites (tertiary alicyclic amines) is 1. The summed E-state index contributed by atoms with van der Waals surface area (Å²) in [5, 5.41) is 17.5. The Hall–Kier alpha value is -3.92. The van der Waals surface area contributed by atoms with Crippen molar-refractivity contribution >= 4 is 23.5 Å². The van der Waals surface area contributed by atoms with Gasteiger partial charge in [0.2, 0.25) is 0 Å². The van der Waals surface area contributed by atoms with Gasteiger partial charge in [0.1, 0.15) is 17.9 Å². The maximum Gasteiger partial charge on any atom is 0.416 e. The lowest BCUT2D eigenvalue weighted by atomic mass is 9.82. The molecular weight excluding hydrogens is 577 g/mol. The molecule has 0 bridgehead atoms. The number of hydrogen-bond donors (Lipinski definition) is 1. The van der Waals surface area contributed by atoms with Crippen molar-refractivity contribution in [3.05, 3.63) is 46.6 Å². The van der Waals surface area contributed by atoms with Crippen LogP contribution in [0.25, 0.3) is 0 Å². The summed E-state index contributed by atoms with van der Waals surface area (Å²) in [6.45, 7) is 3.05. The van der Waals surface area contributed by atoms with Crippen molar-refractivity contribution in [1.29, 1.82) is 5.26 Å². The number of benzene rings is 1. The summed E-state index contributed by atoms with van der Waals surface area (Å²) in [5.41, 5.74) is -0.391. The van der Waals surface area contributed by atoms with Crippen molar-refractivity contribution in [2.24, 2.45) is 11.8 Å². The number of aromatic nitrogens is 2. The number of carbonyl (C=O) groups is 3. The first-order chi connectivity index (χ1) is 21.1. The molecule has 0 spiro atoms. The predicted molar refractivity (Wildman–Crippen MR) is 152 cm³/mol. The summed E-state index contributed by atoms with van der Waals surface area (Å²) in [4.78, 5) is 45.2. The lowest BCUT2D eigenvalue weighted by molar-refractivity contribution is -0.137. The van der Waals surface area contributed by atoms with Gasteiger partial charge in [0.05, 0.1) is 17.7 Å². The van der Waals surface area contributed by atoms with Crippen molar-refractivity contribution in [1.82, 2.24) is 20.0 Å². The third-order valence-corrected chi connectivity index (χ3v) is 9.81. The Morgan fingerprint density at radius 2 is 1.91 bits per heavy atom. The molecule has 2 aromatic rings. The highest BCUT2D eigenvalue weighted by Crippen LogP contribution is 2.53. The van der Waals surface area contributed by atoms with Gasteiger partial charge in [-0.15, -0.1) is 0 Å². The van der Waals surface area contributed by atoms with Crippen molar-refractivity contribution in [3.8, 4) is 6.07 Å². The normalized spacial score (nSPS) is 28.3. The molecule has 2 saturated carbocycles. The van der Waals surface area contributed by atoms with Crippen LogP contribution in [-0.2, 0) is 15.7 Å². The molecular formula is C31H35F3N6O4. The Balaban J connectivity index is 0.00000357. The Morgan fingerprint density at radius 3 is 2.57 bits per heavy atom. The number of alkyl halides is 3. The van der Waals surface area contributed by atoms with E-state index in [1.807, 2.05) is 0 Å². The number of amides is 3. The molecule has 4 heterocycles. The van der Waals surface area contributed by atoms with Gasteiger partial charge in [0.15, 0.2) is 5.69 Å². The van der Waals surface area contributed by atoms with Crippen molar-refractivity contribution in [3.63, 3.8) is 0 Å². The summed E-state index contributed by atoms with van der Waals surface area (Å²) in [6, 6.07) is 4.59. The van der Waals surface area contributed by atoms with Gasteiger partial charge in [-0.25, -0.2) is 4.68 Å². The van der Waals surface area contributed by atoms with Crippen LogP contribution in [0.4, 0.5) is 19.0 Å². The van der Waals surface area contributed by atoms with Crippen molar-refractivity contribution < 1.29 is 33.7 Å². The molecule has 13 heteroatoms. The number of anilines is 1. The monoisotopic (exact) mass is 612 g/mol. The molecule has 2 saturated heterocycles. The minimum atomic E-state index is -4.63. The second-order valence-corrected chi connectivity index (χ2v) is 12.5.